The number of hydrogen-bond acceptors (Lipinski definition) is 3. The number of aliphatic hydroxyl groups excluding tert-OH is 1. The first-order chi connectivity index (χ1) is 9.28. The summed E-state index contributed by atoms with van der Waals surface area (Å²) >= 11 is 0. The molecule has 96 valence electrons. The van der Waals surface area contributed by atoms with Gasteiger partial charge in [0, 0.05) is 12.1 Å². The van der Waals surface area contributed by atoms with Crippen molar-refractivity contribution in [3.05, 3.63) is 59.2 Å². The van der Waals surface area contributed by atoms with Crippen molar-refractivity contribution in [2.45, 2.75) is 6.61 Å². The van der Waals surface area contributed by atoms with E-state index in [4.69, 9.17) is 10.8 Å². The molecule has 0 saturated heterocycles. The highest BCUT2D eigenvalue weighted by Gasteiger charge is 2.16. The minimum absolute atomic E-state index is 0.0811. The van der Waals surface area contributed by atoms with E-state index < -0.39 is 0 Å². The molecule has 0 saturated carbocycles. The number of hydrogen-bond donors (Lipinski definition) is 3. The zero-order valence-electron chi connectivity index (χ0n) is 10.6. The van der Waals surface area contributed by atoms with Gasteiger partial charge in [0.25, 0.3) is 0 Å². The van der Waals surface area contributed by atoms with Crippen LogP contribution < -0.4 is 11.1 Å². The van der Waals surface area contributed by atoms with Gasteiger partial charge in [0.05, 0.1) is 18.0 Å². The van der Waals surface area contributed by atoms with Crippen LogP contribution in [0.2, 0.25) is 0 Å². The van der Waals surface area contributed by atoms with Crippen molar-refractivity contribution < 1.29 is 5.11 Å². The Morgan fingerprint density at radius 2 is 1.95 bits per heavy atom. The Morgan fingerprint density at radius 3 is 2.68 bits per heavy atom. The van der Waals surface area contributed by atoms with E-state index in [1.165, 1.54) is 11.1 Å². The number of aliphatic hydroxyl groups is 1. The van der Waals surface area contributed by atoms with Crippen LogP contribution in [0.25, 0.3) is 11.6 Å². The molecule has 0 atom stereocenters. The van der Waals surface area contributed by atoms with Gasteiger partial charge in [0.2, 0.25) is 0 Å². The summed E-state index contributed by atoms with van der Waals surface area (Å²) in [6.45, 7) is 0.878. The van der Waals surface area contributed by atoms with E-state index in [1.807, 2.05) is 36.4 Å². The summed E-state index contributed by atoms with van der Waals surface area (Å²) < 4.78 is 0. The quantitative estimate of drug-likeness (QED) is 0.720. The van der Waals surface area contributed by atoms with E-state index in [0.29, 0.717) is 0 Å². The Bertz CT molecular complexity index is 630. The van der Waals surface area contributed by atoms with Crippen LogP contribution in [0.15, 0.2) is 42.5 Å². The van der Waals surface area contributed by atoms with Crippen LogP contribution in [-0.2, 0) is 6.61 Å². The van der Waals surface area contributed by atoms with Gasteiger partial charge in [-0.25, -0.2) is 0 Å². The van der Waals surface area contributed by atoms with Gasteiger partial charge in [0.1, 0.15) is 0 Å². The Balaban J connectivity index is 1.96. The summed E-state index contributed by atoms with van der Waals surface area (Å²) in [5.41, 5.74) is 12.2. The second-order valence-electron chi connectivity index (χ2n) is 4.69. The van der Waals surface area contributed by atoms with Gasteiger partial charge in [-0.3, -0.25) is 0 Å². The molecule has 0 radical (unpaired) electrons. The van der Waals surface area contributed by atoms with Crippen LogP contribution >= 0.6 is 0 Å². The van der Waals surface area contributed by atoms with Crippen molar-refractivity contribution in [3.8, 4) is 0 Å². The van der Waals surface area contributed by atoms with Crippen molar-refractivity contribution in [2.75, 3.05) is 17.6 Å². The number of fused-ring (bicyclic) bond motifs is 1. The lowest BCUT2D eigenvalue weighted by atomic mass is 10.0. The zero-order valence-corrected chi connectivity index (χ0v) is 10.6. The predicted octanol–water partition coefficient (Wildman–Crippen LogP) is 2.73. The first kappa shape index (κ1) is 11.8. The van der Waals surface area contributed by atoms with Crippen LogP contribution in [0.3, 0.4) is 0 Å². The Morgan fingerprint density at radius 1 is 1.16 bits per heavy atom. The standard InChI is InChI=1S/C16H16N2O/c17-15-3-1-2-14-13(9-18-16(14)15)8-11-4-6-12(10-19)7-5-11/h1-8,18-19H,9-10,17H2. The number of benzene rings is 2. The number of anilines is 2. The fourth-order valence-electron chi connectivity index (χ4n) is 2.36. The molecule has 0 bridgehead atoms. The lowest BCUT2D eigenvalue weighted by Crippen LogP contribution is -1.95. The summed E-state index contributed by atoms with van der Waals surface area (Å²) in [7, 11) is 0. The summed E-state index contributed by atoms with van der Waals surface area (Å²) in [4.78, 5) is 0. The number of nitrogens with two attached hydrogens (primary N) is 1. The van der Waals surface area contributed by atoms with Gasteiger partial charge < -0.3 is 16.2 Å². The zero-order chi connectivity index (χ0) is 13.2. The van der Waals surface area contributed by atoms with Crippen molar-refractivity contribution in [3.63, 3.8) is 0 Å². The molecule has 4 N–H and O–H groups in total. The van der Waals surface area contributed by atoms with E-state index in [0.717, 1.165) is 29.0 Å². The summed E-state index contributed by atoms with van der Waals surface area (Å²) in [5, 5.41) is 12.4. The van der Waals surface area contributed by atoms with Gasteiger partial charge >= 0.3 is 0 Å². The molecule has 0 aliphatic carbocycles. The fourth-order valence-corrected chi connectivity index (χ4v) is 2.36. The van der Waals surface area contributed by atoms with E-state index in [2.05, 4.69) is 17.5 Å². The number of rotatable bonds is 2. The largest absolute Gasteiger partial charge is 0.397 e. The number of para-hydroxylation sites is 1. The first-order valence-electron chi connectivity index (χ1n) is 6.31. The lowest BCUT2D eigenvalue weighted by molar-refractivity contribution is 0.282. The Labute approximate surface area is 112 Å². The van der Waals surface area contributed by atoms with E-state index >= 15 is 0 Å². The summed E-state index contributed by atoms with van der Waals surface area (Å²) in [6.07, 6.45) is 2.15. The molecule has 2 aromatic rings. The molecule has 3 heteroatoms. The topological polar surface area (TPSA) is 58.3 Å². The maximum atomic E-state index is 9.03. The van der Waals surface area contributed by atoms with Crippen LogP contribution in [-0.4, -0.2) is 11.7 Å². The van der Waals surface area contributed by atoms with Crippen LogP contribution in [0.5, 0.6) is 0 Å². The van der Waals surface area contributed by atoms with Crippen LogP contribution in [0.4, 0.5) is 11.4 Å². The average molecular weight is 252 g/mol. The highest BCUT2D eigenvalue weighted by Crippen LogP contribution is 2.35. The Hall–Kier alpha value is -2.26. The summed E-state index contributed by atoms with van der Waals surface area (Å²) in [5.74, 6) is 0. The van der Waals surface area contributed by atoms with Crippen molar-refractivity contribution in [1.29, 1.82) is 0 Å². The van der Waals surface area contributed by atoms with Gasteiger partial charge in [-0.1, -0.05) is 36.4 Å². The van der Waals surface area contributed by atoms with E-state index in [1.54, 1.807) is 0 Å². The maximum Gasteiger partial charge on any atom is 0.0681 e. The molecule has 3 nitrogen and oxygen atoms in total. The SMILES string of the molecule is Nc1cccc2c1NCC2=Cc1ccc(CO)cc1. The van der Waals surface area contributed by atoms with Gasteiger partial charge in [0.15, 0.2) is 0 Å². The normalized spacial score (nSPS) is 15.3. The minimum atomic E-state index is 0.0811. The lowest BCUT2D eigenvalue weighted by Gasteiger charge is -2.03. The van der Waals surface area contributed by atoms with Crippen molar-refractivity contribution >= 4 is 23.0 Å². The molecule has 2 aromatic carbocycles. The van der Waals surface area contributed by atoms with Gasteiger partial charge in [-0.2, -0.15) is 0 Å². The molecule has 0 aromatic heterocycles. The van der Waals surface area contributed by atoms with Crippen LogP contribution in [0, 0.1) is 0 Å². The highest BCUT2D eigenvalue weighted by atomic mass is 16.3. The smallest absolute Gasteiger partial charge is 0.0681 e. The van der Waals surface area contributed by atoms with Gasteiger partial charge in [-0.15, -0.1) is 0 Å². The third kappa shape index (κ3) is 2.20. The maximum absolute atomic E-state index is 9.03. The molecular weight excluding hydrogens is 236 g/mol. The Kier molecular flexibility index (Phi) is 2.97. The van der Waals surface area contributed by atoms with Crippen LogP contribution in [0.1, 0.15) is 16.7 Å². The molecule has 3 rings (SSSR count). The number of nitrogen functional groups attached to an aromatic ring is 1. The molecule has 0 spiro atoms. The highest BCUT2D eigenvalue weighted by molar-refractivity contribution is 5.96. The summed E-state index contributed by atoms with van der Waals surface area (Å²) in [6, 6.07) is 13.9. The number of nitrogens with one attached hydrogen (secondary N) is 1. The third-order valence-electron chi connectivity index (χ3n) is 3.40. The van der Waals surface area contributed by atoms with Gasteiger partial charge in [-0.05, 0) is 28.8 Å². The molecular formula is C16H16N2O. The van der Waals surface area contributed by atoms with E-state index in [9.17, 15) is 0 Å². The second-order valence-corrected chi connectivity index (χ2v) is 4.69. The van der Waals surface area contributed by atoms with Crippen molar-refractivity contribution in [1.82, 2.24) is 0 Å². The van der Waals surface area contributed by atoms with Crippen molar-refractivity contribution in [2.24, 2.45) is 0 Å². The monoisotopic (exact) mass is 252 g/mol. The second kappa shape index (κ2) is 4.78. The predicted molar refractivity (Wildman–Crippen MR) is 79.6 cm³/mol. The van der Waals surface area contributed by atoms with E-state index in [-0.39, 0.29) is 6.61 Å². The molecule has 1 aliphatic rings. The molecule has 1 aliphatic heterocycles. The molecule has 0 amide bonds. The molecule has 19 heavy (non-hydrogen) atoms. The minimum Gasteiger partial charge on any atom is -0.397 e. The molecule has 0 unspecified atom stereocenters. The molecule has 0 fully saturated rings. The average Bonchev–Trinajstić information content (AvgIpc) is 2.84. The fraction of sp³-hybridized carbons (Fsp3) is 0.125. The first-order valence-corrected chi connectivity index (χ1v) is 6.31. The third-order valence-corrected chi connectivity index (χ3v) is 3.40. The molecule has 1 heterocycles.